The van der Waals surface area contributed by atoms with Crippen molar-refractivity contribution in [3.63, 3.8) is 0 Å². The van der Waals surface area contributed by atoms with Crippen molar-refractivity contribution >= 4 is 17.5 Å². The van der Waals surface area contributed by atoms with E-state index in [2.05, 4.69) is 58.9 Å². The van der Waals surface area contributed by atoms with Crippen LogP contribution in [0.1, 0.15) is 25.3 Å². The molecule has 3 aromatic rings. The molecule has 1 heterocycles. The molecule has 126 valence electrons. The maximum atomic E-state index is 4.69. The molecule has 0 saturated heterocycles. The first-order valence-electron chi connectivity index (χ1n) is 8.87. The van der Waals surface area contributed by atoms with Crippen molar-refractivity contribution in [2.75, 3.05) is 10.6 Å². The molecule has 0 unspecified atom stereocenters. The van der Waals surface area contributed by atoms with Crippen molar-refractivity contribution in [2.24, 2.45) is 0 Å². The number of hydrogen-bond donors (Lipinski definition) is 2. The molecule has 4 rings (SSSR count). The van der Waals surface area contributed by atoms with Gasteiger partial charge in [-0.25, -0.2) is 4.98 Å². The molecule has 4 nitrogen and oxygen atoms in total. The van der Waals surface area contributed by atoms with E-state index in [1.807, 2.05) is 24.3 Å². The first kappa shape index (κ1) is 15.6. The third-order valence-corrected chi connectivity index (χ3v) is 4.34. The molecule has 0 atom stereocenters. The summed E-state index contributed by atoms with van der Waals surface area (Å²) in [6.07, 6.45) is 3.43. The highest BCUT2D eigenvalue weighted by Gasteiger charge is 2.22. The van der Waals surface area contributed by atoms with Crippen LogP contribution in [0.25, 0.3) is 11.3 Å². The lowest BCUT2D eigenvalue weighted by Gasteiger charge is -2.11. The lowest BCUT2D eigenvalue weighted by atomic mass is 10.1. The highest BCUT2D eigenvalue weighted by molar-refractivity contribution is 5.67. The molecule has 25 heavy (non-hydrogen) atoms. The van der Waals surface area contributed by atoms with Crippen LogP contribution in [0.3, 0.4) is 0 Å². The molecule has 1 saturated carbocycles. The summed E-state index contributed by atoms with van der Waals surface area (Å²) >= 11 is 0. The van der Waals surface area contributed by atoms with Gasteiger partial charge in [0.25, 0.3) is 0 Å². The van der Waals surface area contributed by atoms with Gasteiger partial charge in [-0.3, -0.25) is 0 Å². The zero-order chi connectivity index (χ0) is 17.1. The van der Waals surface area contributed by atoms with Crippen molar-refractivity contribution in [3.05, 3.63) is 66.2 Å². The molecule has 0 radical (unpaired) electrons. The zero-order valence-corrected chi connectivity index (χ0v) is 14.4. The number of aromatic nitrogens is 2. The number of rotatable bonds is 6. The average molecular weight is 330 g/mol. The van der Waals surface area contributed by atoms with E-state index in [1.54, 1.807) is 0 Å². The van der Waals surface area contributed by atoms with Crippen LogP contribution >= 0.6 is 0 Å². The summed E-state index contributed by atoms with van der Waals surface area (Å²) in [5, 5.41) is 6.82. The van der Waals surface area contributed by atoms with E-state index in [1.165, 1.54) is 18.4 Å². The van der Waals surface area contributed by atoms with Crippen LogP contribution in [0.4, 0.5) is 17.5 Å². The molecule has 0 aliphatic heterocycles. The van der Waals surface area contributed by atoms with Gasteiger partial charge in [0.1, 0.15) is 5.82 Å². The molecule has 1 fully saturated rings. The maximum absolute atomic E-state index is 4.69. The molecule has 2 N–H and O–H groups in total. The summed E-state index contributed by atoms with van der Waals surface area (Å²) < 4.78 is 0. The molecule has 0 spiro atoms. The van der Waals surface area contributed by atoms with Gasteiger partial charge in [-0.2, -0.15) is 4.98 Å². The Labute approximate surface area is 148 Å². The average Bonchev–Trinajstić information content (AvgIpc) is 3.47. The Kier molecular flexibility index (Phi) is 4.34. The summed E-state index contributed by atoms with van der Waals surface area (Å²) in [4.78, 5) is 9.33. The fourth-order valence-electron chi connectivity index (χ4n) is 2.71. The van der Waals surface area contributed by atoms with Crippen molar-refractivity contribution < 1.29 is 0 Å². The van der Waals surface area contributed by atoms with Crippen LogP contribution in [0, 0.1) is 0 Å². The summed E-state index contributed by atoms with van der Waals surface area (Å²) in [6, 6.07) is 21.2. The Balaban J connectivity index is 1.64. The molecule has 4 heteroatoms. The minimum atomic E-state index is 0.516. The Morgan fingerprint density at radius 3 is 2.40 bits per heavy atom. The Morgan fingerprint density at radius 1 is 0.960 bits per heavy atom. The van der Waals surface area contributed by atoms with E-state index < -0.39 is 0 Å². The molecule has 0 amide bonds. The zero-order valence-electron chi connectivity index (χ0n) is 14.4. The van der Waals surface area contributed by atoms with Gasteiger partial charge in [0, 0.05) is 23.4 Å². The van der Waals surface area contributed by atoms with Crippen molar-refractivity contribution in [2.45, 2.75) is 32.2 Å². The first-order chi connectivity index (χ1) is 12.3. The molecule has 1 aliphatic carbocycles. The lowest BCUT2D eigenvalue weighted by Crippen LogP contribution is -2.07. The Bertz CT molecular complexity index is 840. The fourth-order valence-corrected chi connectivity index (χ4v) is 2.71. The largest absolute Gasteiger partial charge is 0.351 e. The smallest absolute Gasteiger partial charge is 0.225 e. The molecule has 1 aliphatic rings. The second-order valence-electron chi connectivity index (χ2n) is 6.42. The SMILES string of the molecule is CCc1ccc(Nc2cc(-c3ccccc3)nc(NC3CC3)n2)cc1. The van der Waals surface area contributed by atoms with Crippen LogP contribution in [0.15, 0.2) is 60.7 Å². The van der Waals surface area contributed by atoms with Gasteiger partial charge in [-0.15, -0.1) is 0 Å². The minimum Gasteiger partial charge on any atom is -0.351 e. The molecular weight excluding hydrogens is 308 g/mol. The van der Waals surface area contributed by atoms with Crippen LogP contribution in [-0.4, -0.2) is 16.0 Å². The number of nitrogens with zero attached hydrogens (tertiary/aromatic N) is 2. The van der Waals surface area contributed by atoms with Gasteiger partial charge in [0.2, 0.25) is 5.95 Å². The third-order valence-electron chi connectivity index (χ3n) is 4.34. The first-order valence-corrected chi connectivity index (χ1v) is 8.87. The highest BCUT2D eigenvalue weighted by atomic mass is 15.2. The monoisotopic (exact) mass is 330 g/mol. The van der Waals surface area contributed by atoms with Crippen LogP contribution in [0.2, 0.25) is 0 Å². The van der Waals surface area contributed by atoms with Crippen LogP contribution in [-0.2, 0) is 6.42 Å². The standard InChI is InChI=1S/C21H22N4/c1-2-15-8-10-17(11-9-15)22-20-14-19(16-6-4-3-5-7-16)24-21(25-20)23-18-12-13-18/h3-11,14,18H,2,12-13H2,1H3,(H2,22,23,24,25). The van der Waals surface area contributed by atoms with E-state index >= 15 is 0 Å². The number of anilines is 3. The Hall–Kier alpha value is -2.88. The van der Waals surface area contributed by atoms with E-state index in [9.17, 15) is 0 Å². The van der Waals surface area contributed by atoms with Crippen molar-refractivity contribution in [3.8, 4) is 11.3 Å². The van der Waals surface area contributed by atoms with E-state index in [-0.39, 0.29) is 0 Å². The third kappa shape index (κ3) is 3.97. The van der Waals surface area contributed by atoms with E-state index in [0.717, 1.165) is 29.2 Å². The van der Waals surface area contributed by atoms with Crippen molar-refractivity contribution in [1.82, 2.24) is 9.97 Å². The molecule has 1 aromatic heterocycles. The number of aryl methyl sites for hydroxylation is 1. The highest BCUT2D eigenvalue weighted by Crippen LogP contribution is 2.27. The van der Waals surface area contributed by atoms with Gasteiger partial charge in [-0.05, 0) is 37.0 Å². The second kappa shape index (κ2) is 6.93. The topological polar surface area (TPSA) is 49.8 Å². The number of nitrogens with one attached hydrogen (secondary N) is 2. The normalized spacial score (nSPS) is 13.5. The lowest BCUT2D eigenvalue weighted by molar-refractivity contribution is 1.06. The number of hydrogen-bond acceptors (Lipinski definition) is 4. The molecular formula is C21H22N4. The minimum absolute atomic E-state index is 0.516. The van der Waals surface area contributed by atoms with Gasteiger partial charge >= 0.3 is 0 Å². The molecule has 0 bridgehead atoms. The fraction of sp³-hybridized carbons (Fsp3) is 0.238. The summed E-state index contributed by atoms with van der Waals surface area (Å²) in [5.41, 5.74) is 4.38. The van der Waals surface area contributed by atoms with Gasteiger partial charge in [0.15, 0.2) is 0 Å². The predicted octanol–water partition coefficient (Wildman–Crippen LogP) is 5.02. The van der Waals surface area contributed by atoms with Gasteiger partial charge in [-0.1, -0.05) is 49.4 Å². The van der Waals surface area contributed by atoms with Crippen LogP contribution in [0.5, 0.6) is 0 Å². The van der Waals surface area contributed by atoms with Crippen LogP contribution < -0.4 is 10.6 Å². The van der Waals surface area contributed by atoms with E-state index in [0.29, 0.717) is 12.0 Å². The second-order valence-corrected chi connectivity index (χ2v) is 6.42. The number of benzene rings is 2. The summed E-state index contributed by atoms with van der Waals surface area (Å²) in [6.45, 7) is 2.16. The summed E-state index contributed by atoms with van der Waals surface area (Å²) in [5.74, 6) is 1.50. The maximum Gasteiger partial charge on any atom is 0.225 e. The summed E-state index contributed by atoms with van der Waals surface area (Å²) in [7, 11) is 0. The quantitative estimate of drug-likeness (QED) is 0.666. The predicted molar refractivity (Wildman–Crippen MR) is 103 cm³/mol. The molecule has 2 aromatic carbocycles. The van der Waals surface area contributed by atoms with Gasteiger partial charge in [0.05, 0.1) is 5.69 Å². The van der Waals surface area contributed by atoms with Crippen molar-refractivity contribution in [1.29, 1.82) is 0 Å². The van der Waals surface area contributed by atoms with E-state index in [4.69, 9.17) is 4.98 Å². The van der Waals surface area contributed by atoms with Gasteiger partial charge < -0.3 is 10.6 Å². The Morgan fingerprint density at radius 2 is 1.72 bits per heavy atom.